The fourth-order valence-electron chi connectivity index (χ4n) is 2.97. The summed E-state index contributed by atoms with van der Waals surface area (Å²) in [6, 6.07) is 7.89. The quantitative estimate of drug-likeness (QED) is 0.850. The smallest absolute Gasteiger partial charge is 0.123 e. The maximum atomic E-state index is 13.0. The molecule has 3 heteroatoms. The van der Waals surface area contributed by atoms with Crippen molar-refractivity contribution in [2.24, 2.45) is 0 Å². The van der Waals surface area contributed by atoms with Crippen molar-refractivity contribution in [1.29, 1.82) is 0 Å². The molecule has 1 aliphatic carbocycles. The van der Waals surface area contributed by atoms with Gasteiger partial charge in [-0.05, 0) is 43.2 Å². The minimum atomic E-state index is -0.154. The normalized spacial score (nSPS) is 25.2. The Labute approximate surface area is 120 Å². The van der Waals surface area contributed by atoms with Crippen LogP contribution in [0.25, 0.3) is 0 Å². The molecule has 2 rings (SSSR count). The van der Waals surface area contributed by atoms with Crippen LogP contribution in [0, 0.1) is 5.82 Å². The van der Waals surface area contributed by atoms with Gasteiger partial charge < -0.3 is 5.32 Å². The Hall–Kier alpha value is -0.540. The molecule has 0 aromatic heterocycles. The highest BCUT2D eigenvalue weighted by Gasteiger charge is 2.26. The Bertz CT molecular complexity index is 379. The van der Waals surface area contributed by atoms with Gasteiger partial charge in [-0.1, -0.05) is 31.9 Å². The van der Waals surface area contributed by atoms with Crippen molar-refractivity contribution in [2.45, 2.75) is 56.4 Å². The Balaban J connectivity index is 2.03. The standard InChI is InChI=1S/C16H24FNS/c1-3-14(12-8-10-13(17)11-9-12)18-15-6-4-5-7-16(15)19-2/h8-11,14-16,18H,3-7H2,1-2H3. The number of benzene rings is 1. The van der Waals surface area contributed by atoms with Gasteiger partial charge in [-0.3, -0.25) is 0 Å². The summed E-state index contributed by atoms with van der Waals surface area (Å²) in [5, 5.41) is 4.52. The number of thioether (sulfide) groups is 1. The molecule has 106 valence electrons. The maximum Gasteiger partial charge on any atom is 0.123 e. The molecule has 3 atom stereocenters. The summed E-state index contributed by atoms with van der Waals surface area (Å²) < 4.78 is 13.0. The molecule has 0 aliphatic heterocycles. The van der Waals surface area contributed by atoms with Gasteiger partial charge in [-0.2, -0.15) is 11.8 Å². The number of hydrogen-bond acceptors (Lipinski definition) is 2. The fourth-order valence-corrected chi connectivity index (χ4v) is 3.92. The highest BCUT2D eigenvalue weighted by Crippen LogP contribution is 2.29. The van der Waals surface area contributed by atoms with Crippen molar-refractivity contribution in [3.63, 3.8) is 0 Å². The zero-order valence-corrected chi connectivity index (χ0v) is 12.7. The second kappa shape index (κ2) is 7.30. The van der Waals surface area contributed by atoms with E-state index in [9.17, 15) is 4.39 Å². The van der Waals surface area contributed by atoms with E-state index >= 15 is 0 Å². The Morgan fingerprint density at radius 3 is 2.58 bits per heavy atom. The first kappa shape index (κ1) is 14.9. The van der Waals surface area contributed by atoms with Crippen LogP contribution >= 0.6 is 11.8 Å². The van der Waals surface area contributed by atoms with Gasteiger partial charge in [0, 0.05) is 17.3 Å². The minimum Gasteiger partial charge on any atom is -0.306 e. The molecule has 0 heterocycles. The van der Waals surface area contributed by atoms with Crippen LogP contribution in [0.2, 0.25) is 0 Å². The number of rotatable bonds is 5. The lowest BCUT2D eigenvalue weighted by molar-refractivity contribution is 0.343. The fraction of sp³-hybridized carbons (Fsp3) is 0.625. The number of halogens is 1. The molecule has 0 spiro atoms. The van der Waals surface area contributed by atoms with Crippen molar-refractivity contribution in [2.75, 3.05) is 6.26 Å². The number of hydrogen-bond donors (Lipinski definition) is 1. The number of nitrogens with one attached hydrogen (secondary N) is 1. The average molecular weight is 281 g/mol. The largest absolute Gasteiger partial charge is 0.306 e. The Kier molecular flexibility index (Phi) is 5.71. The van der Waals surface area contributed by atoms with Gasteiger partial charge in [0.05, 0.1) is 0 Å². The molecule has 19 heavy (non-hydrogen) atoms. The minimum absolute atomic E-state index is 0.154. The van der Waals surface area contributed by atoms with E-state index in [4.69, 9.17) is 0 Å². The van der Waals surface area contributed by atoms with E-state index in [0.717, 1.165) is 11.7 Å². The predicted octanol–water partition coefficient (Wildman–Crippen LogP) is 4.54. The summed E-state index contributed by atoms with van der Waals surface area (Å²) in [5.41, 5.74) is 1.20. The Morgan fingerprint density at radius 2 is 1.95 bits per heavy atom. The second-order valence-electron chi connectivity index (χ2n) is 5.34. The molecule has 1 nitrogen and oxygen atoms in total. The second-order valence-corrected chi connectivity index (χ2v) is 6.42. The summed E-state index contributed by atoms with van der Waals surface area (Å²) in [4.78, 5) is 0. The SMILES string of the molecule is CCC(NC1CCCCC1SC)c1ccc(F)cc1. The van der Waals surface area contributed by atoms with Gasteiger partial charge >= 0.3 is 0 Å². The lowest BCUT2D eigenvalue weighted by Crippen LogP contribution is -2.42. The molecule has 1 aliphatic rings. The molecule has 1 fully saturated rings. The highest BCUT2D eigenvalue weighted by molar-refractivity contribution is 7.99. The van der Waals surface area contributed by atoms with Crippen LogP contribution in [0.5, 0.6) is 0 Å². The van der Waals surface area contributed by atoms with Gasteiger partial charge in [0.2, 0.25) is 0 Å². The molecule has 0 saturated heterocycles. The molecule has 0 radical (unpaired) electrons. The van der Waals surface area contributed by atoms with E-state index in [0.29, 0.717) is 12.1 Å². The summed E-state index contributed by atoms with van der Waals surface area (Å²) in [6.45, 7) is 2.19. The van der Waals surface area contributed by atoms with Crippen molar-refractivity contribution >= 4 is 11.8 Å². The van der Waals surface area contributed by atoms with Gasteiger partial charge in [0.25, 0.3) is 0 Å². The monoisotopic (exact) mass is 281 g/mol. The summed E-state index contributed by atoms with van der Waals surface area (Å²) >= 11 is 1.98. The molecule has 1 saturated carbocycles. The Morgan fingerprint density at radius 1 is 1.26 bits per heavy atom. The molecule has 1 N–H and O–H groups in total. The van der Waals surface area contributed by atoms with Crippen LogP contribution in [-0.4, -0.2) is 17.5 Å². The van der Waals surface area contributed by atoms with E-state index in [2.05, 4.69) is 18.5 Å². The van der Waals surface area contributed by atoms with E-state index in [-0.39, 0.29) is 5.82 Å². The first-order chi connectivity index (χ1) is 9.24. The van der Waals surface area contributed by atoms with Crippen molar-refractivity contribution in [1.82, 2.24) is 5.32 Å². The lowest BCUT2D eigenvalue weighted by Gasteiger charge is -2.34. The van der Waals surface area contributed by atoms with Crippen molar-refractivity contribution < 1.29 is 4.39 Å². The predicted molar refractivity (Wildman–Crippen MR) is 82.1 cm³/mol. The lowest BCUT2D eigenvalue weighted by atomic mass is 9.93. The van der Waals surface area contributed by atoms with E-state index in [1.165, 1.54) is 31.2 Å². The van der Waals surface area contributed by atoms with Gasteiger partial charge in [-0.15, -0.1) is 0 Å². The average Bonchev–Trinajstić information content (AvgIpc) is 2.46. The zero-order valence-electron chi connectivity index (χ0n) is 11.9. The topological polar surface area (TPSA) is 12.0 Å². The van der Waals surface area contributed by atoms with Crippen molar-refractivity contribution in [3.05, 3.63) is 35.6 Å². The third kappa shape index (κ3) is 3.96. The summed E-state index contributed by atoms with van der Waals surface area (Å²) in [5.74, 6) is -0.154. The first-order valence-corrected chi connectivity index (χ1v) is 8.57. The van der Waals surface area contributed by atoms with Gasteiger partial charge in [-0.25, -0.2) is 4.39 Å². The van der Waals surface area contributed by atoms with E-state index in [1.54, 1.807) is 12.1 Å². The van der Waals surface area contributed by atoms with E-state index in [1.807, 2.05) is 23.9 Å². The molecule has 0 amide bonds. The molecule has 3 unspecified atom stereocenters. The molecule has 0 bridgehead atoms. The van der Waals surface area contributed by atoms with Crippen LogP contribution in [0.15, 0.2) is 24.3 Å². The summed E-state index contributed by atoms with van der Waals surface area (Å²) in [7, 11) is 0. The summed E-state index contributed by atoms with van der Waals surface area (Å²) in [6.07, 6.45) is 8.53. The van der Waals surface area contributed by atoms with Gasteiger partial charge in [0.15, 0.2) is 0 Å². The van der Waals surface area contributed by atoms with E-state index < -0.39 is 0 Å². The van der Waals surface area contributed by atoms with Crippen LogP contribution in [0.4, 0.5) is 4.39 Å². The highest BCUT2D eigenvalue weighted by atomic mass is 32.2. The maximum absolute atomic E-state index is 13.0. The molecular weight excluding hydrogens is 257 g/mol. The third-order valence-electron chi connectivity index (χ3n) is 4.10. The first-order valence-electron chi connectivity index (χ1n) is 7.29. The molecular formula is C16H24FNS. The van der Waals surface area contributed by atoms with Gasteiger partial charge in [0.1, 0.15) is 5.82 Å². The van der Waals surface area contributed by atoms with Crippen LogP contribution in [-0.2, 0) is 0 Å². The molecule has 1 aromatic carbocycles. The van der Waals surface area contributed by atoms with Crippen molar-refractivity contribution in [3.8, 4) is 0 Å². The third-order valence-corrected chi connectivity index (χ3v) is 5.27. The van der Waals surface area contributed by atoms with Crippen LogP contribution in [0.1, 0.15) is 50.6 Å². The molecule has 1 aromatic rings. The van der Waals surface area contributed by atoms with Crippen LogP contribution in [0.3, 0.4) is 0 Å². The zero-order chi connectivity index (χ0) is 13.7. The van der Waals surface area contributed by atoms with Crippen LogP contribution < -0.4 is 5.32 Å².